The van der Waals surface area contributed by atoms with Crippen LogP contribution in [0.15, 0.2) is 79.3 Å². The fraction of sp³-hybridized carbons (Fsp3) is 0.0870. The second-order valence-corrected chi connectivity index (χ2v) is 7.10. The molecule has 0 fully saturated rings. The van der Waals surface area contributed by atoms with Crippen LogP contribution >= 0.6 is 11.6 Å². The predicted molar refractivity (Wildman–Crippen MR) is 119 cm³/mol. The number of anilines is 3. The van der Waals surface area contributed by atoms with Gasteiger partial charge in [0.2, 0.25) is 5.88 Å². The number of aromatic nitrogens is 3. The van der Waals surface area contributed by atoms with E-state index in [1.807, 2.05) is 66.4 Å². The number of nitrogens with zero attached hydrogens (tertiary/aromatic N) is 4. The molecule has 2 N–H and O–H groups in total. The lowest BCUT2D eigenvalue weighted by Gasteiger charge is -2.24. The van der Waals surface area contributed by atoms with E-state index in [2.05, 4.69) is 15.0 Å². The van der Waals surface area contributed by atoms with Crippen molar-refractivity contribution in [3.8, 4) is 11.6 Å². The Morgan fingerprint density at radius 3 is 2.50 bits per heavy atom. The van der Waals surface area contributed by atoms with Crippen LogP contribution < -0.4 is 15.4 Å². The van der Waals surface area contributed by atoms with Crippen LogP contribution in [0.1, 0.15) is 11.1 Å². The number of halogens is 1. The number of nitrogen functional groups attached to an aromatic ring is 1. The van der Waals surface area contributed by atoms with Crippen LogP contribution in [0.3, 0.4) is 0 Å². The van der Waals surface area contributed by atoms with Gasteiger partial charge in [-0.25, -0.2) is 9.97 Å². The van der Waals surface area contributed by atoms with Crippen LogP contribution in [0.4, 0.5) is 17.3 Å². The molecule has 2 aromatic heterocycles. The standard InChI is InChI=1S/C23H20ClN5O/c1-16-13-18(10-11-19(16)24)30-23-21(25)22(27-15-28-23)29(20-9-5-6-12-26-20)14-17-7-3-2-4-8-17/h2-13,15H,14,25H2,1H3. The molecule has 0 atom stereocenters. The number of aryl methyl sites for hydroxylation is 1. The lowest BCUT2D eigenvalue weighted by Crippen LogP contribution is -2.20. The van der Waals surface area contributed by atoms with E-state index in [-0.39, 0.29) is 5.88 Å². The zero-order chi connectivity index (χ0) is 20.9. The topological polar surface area (TPSA) is 77.2 Å². The summed E-state index contributed by atoms with van der Waals surface area (Å²) in [6.07, 6.45) is 3.17. The van der Waals surface area contributed by atoms with E-state index in [4.69, 9.17) is 22.1 Å². The van der Waals surface area contributed by atoms with E-state index in [1.54, 1.807) is 18.3 Å². The summed E-state index contributed by atoms with van der Waals surface area (Å²) in [5.74, 6) is 2.12. The van der Waals surface area contributed by atoms with Gasteiger partial charge in [0, 0.05) is 11.2 Å². The fourth-order valence-electron chi connectivity index (χ4n) is 3.00. The van der Waals surface area contributed by atoms with Gasteiger partial charge in [0.1, 0.15) is 23.6 Å². The molecule has 7 heteroatoms. The van der Waals surface area contributed by atoms with Gasteiger partial charge >= 0.3 is 0 Å². The Bertz CT molecular complexity index is 1140. The van der Waals surface area contributed by atoms with Crippen molar-refractivity contribution in [2.45, 2.75) is 13.5 Å². The molecule has 2 aromatic carbocycles. The number of ether oxygens (including phenoxy) is 1. The van der Waals surface area contributed by atoms with E-state index < -0.39 is 0 Å². The largest absolute Gasteiger partial charge is 0.437 e. The molecule has 0 radical (unpaired) electrons. The van der Waals surface area contributed by atoms with Crippen molar-refractivity contribution in [1.82, 2.24) is 15.0 Å². The highest BCUT2D eigenvalue weighted by Crippen LogP contribution is 2.35. The Hall–Kier alpha value is -3.64. The minimum atomic E-state index is 0.274. The van der Waals surface area contributed by atoms with Crippen molar-refractivity contribution >= 4 is 28.9 Å². The molecule has 0 saturated heterocycles. The Labute approximate surface area is 180 Å². The molecule has 0 saturated carbocycles. The number of pyridine rings is 1. The monoisotopic (exact) mass is 417 g/mol. The molecular formula is C23H20ClN5O. The van der Waals surface area contributed by atoms with Crippen LogP contribution in [-0.4, -0.2) is 15.0 Å². The van der Waals surface area contributed by atoms with Crippen molar-refractivity contribution in [2.75, 3.05) is 10.6 Å². The van der Waals surface area contributed by atoms with Gasteiger partial charge in [0.05, 0.1) is 6.54 Å². The molecule has 0 spiro atoms. The van der Waals surface area contributed by atoms with Crippen molar-refractivity contribution in [2.24, 2.45) is 0 Å². The predicted octanol–water partition coefficient (Wildman–Crippen LogP) is 5.55. The van der Waals surface area contributed by atoms with Crippen molar-refractivity contribution < 1.29 is 4.74 Å². The zero-order valence-corrected chi connectivity index (χ0v) is 17.1. The molecular weight excluding hydrogens is 398 g/mol. The molecule has 4 rings (SSSR count). The van der Waals surface area contributed by atoms with Gasteiger partial charge in [-0.2, -0.15) is 4.98 Å². The average Bonchev–Trinajstić information content (AvgIpc) is 2.78. The van der Waals surface area contributed by atoms with Crippen LogP contribution in [0.5, 0.6) is 11.6 Å². The Morgan fingerprint density at radius 1 is 0.967 bits per heavy atom. The summed E-state index contributed by atoms with van der Waals surface area (Å²) in [4.78, 5) is 15.1. The second-order valence-electron chi connectivity index (χ2n) is 6.69. The van der Waals surface area contributed by atoms with E-state index in [0.717, 1.165) is 16.9 Å². The van der Waals surface area contributed by atoms with Crippen molar-refractivity contribution in [1.29, 1.82) is 0 Å². The van der Waals surface area contributed by atoms with Crippen LogP contribution in [-0.2, 0) is 6.54 Å². The molecule has 4 aromatic rings. The van der Waals surface area contributed by atoms with E-state index in [0.29, 0.717) is 28.8 Å². The van der Waals surface area contributed by atoms with Gasteiger partial charge in [-0.3, -0.25) is 0 Å². The minimum absolute atomic E-state index is 0.274. The molecule has 150 valence electrons. The summed E-state index contributed by atoms with van der Waals surface area (Å²) >= 11 is 6.11. The summed E-state index contributed by atoms with van der Waals surface area (Å²) in [6.45, 7) is 2.45. The minimum Gasteiger partial charge on any atom is -0.437 e. The SMILES string of the molecule is Cc1cc(Oc2ncnc(N(Cc3ccccc3)c3ccccn3)c2N)ccc1Cl. The van der Waals surface area contributed by atoms with Gasteiger partial charge in [-0.1, -0.05) is 48.0 Å². The highest BCUT2D eigenvalue weighted by Gasteiger charge is 2.19. The van der Waals surface area contributed by atoms with E-state index >= 15 is 0 Å². The van der Waals surface area contributed by atoms with Crippen molar-refractivity contribution in [3.63, 3.8) is 0 Å². The van der Waals surface area contributed by atoms with Gasteiger partial charge in [-0.15, -0.1) is 0 Å². The summed E-state index contributed by atoms with van der Waals surface area (Å²) in [5.41, 5.74) is 8.77. The van der Waals surface area contributed by atoms with Crippen LogP contribution in [0, 0.1) is 6.92 Å². The molecule has 0 unspecified atom stereocenters. The Balaban J connectivity index is 1.72. The maximum absolute atomic E-state index is 6.45. The van der Waals surface area contributed by atoms with Gasteiger partial charge < -0.3 is 15.4 Å². The number of hydrogen-bond donors (Lipinski definition) is 1. The number of hydrogen-bond acceptors (Lipinski definition) is 6. The first kappa shape index (κ1) is 19.7. The number of benzene rings is 2. The Kier molecular flexibility index (Phi) is 5.77. The number of rotatable bonds is 6. The maximum Gasteiger partial charge on any atom is 0.248 e. The molecule has 0 aliphatic rings. The maximum atomic E-state index is 6.45. The van der Waals surface area contributed by atoms with Gasteiger partial charge in [0.15, 0.2) is 5.82 Å². The average molecular weight is 418 g/mol. The van der Waals surface area contributed by atoms with Crippen molar-refractivity contribution in [3.05, 3.63) is 95.4 Å². The highest BCUT2D eigenvalue weighted by molar-refractivity contribution is 6.31. The quantitative estimate of drug-likeness (QED) is 0.443. The lowest BCUT2D eigenvalue weighted by atomic mass is 10.2. The van der Waals surface area contributed by atoms with Crippen LogP contribution in [0.25, 0.3) is 0 Å². The van der Waals surface area contributed by atoms with Gasteiger partial charge in [-0.05, 0) is 48.4 Å². The molecule has 0 amide bonds. The Morgan fingerprint density at radius 2 is 1.77 bits per heavy atom. The molecule has 2 heterocycles. The smallest absolute Gasteiger partial charge is 0.248 e. The lowest BCUT2D eigenvalue weighted by molar-refractivity contribution is 0.464. The molecule has 0 aliphatic heterocycles. The second kappa shape index (κ2) is 8.80. The summed E-state index contributed by atoms with van der Waals surface area (Å²) in [7, 11) is 0. The molecule has 30 heavy (non-hydrogen) atoms. The zero-order valence-electron chi connectivity index (χ0n) is 16.4. The first-order valence-electron chi connectivity index (χ1n) is 9.39. The van der Waals surface area contributed by atoms with Crippen LogP contribution in [0.2, 0.25) is 5.02 Å². The highest BCUT2D eigenvalue weighted by atomic mass is 35.5. The van der Waals surface area contributed by atoms with E-state index in [9.17, 15) is 0 Å². The normalized spacial score (nSPS) is 10.6. The third-order valence-electron chi connectivity index (χ3n) is 4.54. The molecule has 0 aliphatic carbocycles. The fourth-order valence-corrected chi connectivity index (χ4v) is 3.12. The third kappa shape index (κ3) is 4.34. The van der Waals surface area contributed by atoms with E-state index in [1.165, 1.54) is 6.33 Å². The molecule has 0 bridgehead atoms. The summed E-state index contributed by atoms with van der Waals surface area (Å²) in [5, 5.41) is 0.669. The first-order chi connectivity index (χ1) is 14.6. The van der Waals surface area contributed by atoms with Gasteiger partial charge in [0.25, 0.3) is 0 Å². The third-order valence-corrected chi connectivity index (χ3v) is 4.96. The first-order valence-corrected chi connectivity index (χ1v) is 9.76. The summed E-state index contributed by atoms with van der Waals surface area (Å²) < 4.78 is 5.94. The summed E-state index contributed by atoms with van der Waals surface area (Å²) in [6, 6.07) is 21.1. The number of nitrogens with two attached hydrogens (primary N) is 1. The molecule has 6 nitrogen and oxygen atoms in total.